The van der Waals surface area contributed by atoms with Gasteiger partial charge < -0.3 is 20.3 Å². The minimum absolute atomic E-state index is 0.467. The second-order valence-corrected chi connectivity index (χ2v) is 3.85. The van der Waals surface area contributed by atoms with Crippen LogP contribution in [0.4, 0.5) is 0 Å². The Morgan fingerprint density at radius 1 is 1.29 bits per heavy atom. The van der Waals surface area contributed by atoms with Gasteiger partial charge in [-0.15, -0.1) is 0 Å². The zero-order chi connectivity index (χ0) is 12.8. The lowest BCUT2D eigenvalue weighted by molar-refractivity contribution is -0.149. The Morgan fingerprint density at radius 2 is 2.00 bits per heavy atom. The SMILES string of the molecule is O=C(O)CC(NC(=O)C1CCCCO1)C(=O)O. The smallest absolute Gasteiger partial charge is 0.326 e. The summed E-state index contributed by atoms with van der Waals surface area (Å²) in [7, 11) is 0. The molecule has 0 aliphatic carbocycles. The number of nitrogens with one attached hydrogen (secondary N) is 1. The highest BCUT2D eigenvalue weighted by Crippen LogP contribution is 2.13. The molecular weight excluding hydrogens is 230 g/mol. The van der Waals surface area contributed by atoms with E-state index in [-0.39, 0.29) is 0 Å². The van der Waals surface area contributed by atoms with E-state index >= 15 is 0 Å². The first-order valence-electron chi connectivity index (χ1n) is 5.37. The van der Waals surface area contributed by atoms with Gasteiger partial charge in [0, 0.05) is 6.61 Å². The van der Waals surface area contributed by atoms with Gasteiger partial charge in [0.25, 0.3) is 0 Å². The van der Waals surface area contributed by atoms with Crippen molar-refractivity contribution in [2.45, 2.75) is 37.8 Å². The lowest BCUT2D eigenvalue weighted by Crippen LogP contribution is -2.47. The Kier molecular flexibility index (Phi) is 4.89. The summed E-state index contributed by atoms with van der Waals surface area (Å²) >= 11 is 0. The first-order valence-corrected chi connectivity index (χ1v) is 5.37. The fraction of sp³-hybridized carbons (Fsp3) is 0.700. The maximum atomic E-state index is 11.6. The van der Waals surface area contributed by atoms with Gasteiger partial charge in [0.2, 0.25) is 5.91 Å². The summed E-state index contributed by atoms with van der Waals surface area (Å²) in [6.45, 7) is 0.467. The first kappa shape index (κ1) is 13.4. The molecule has 0 aromatic rings. The van der Waals surface area contributed by atoms with Crippen molar-refractivity contribution in [2.75, 3.05) is 6.61 Å². The van der Waals surface area contributed by atoms with Gasteiger partial charge in [-0.25, -0.2) is 4.79 Å². The molecule has 0 bridgehead atoms. The third-order valence-corrected chi connectivity index (χ3v) is 2.47. The summed E-state index contributed by atoms with van der Waals surface area (Å²) in [5.41, 5.74) is 0. The standard InChI is InChI=1S/C10H15NO6/c12-8(13)5-6(10(15)16)11-9(14)7-3-1-2-4-17-7/h6-7H,1-5H2,(H,11,14)(H,12,13)(H,15,16). The summed E-state index contributed by atoms with van der Waals surface area (Å²) in [5.74, 6) is -3.20. The summed E-state index contributed by atoms with van der Waals surface area (Å²) in [4.78, 5) is 32.8. The summed E-state index contributed by atoms with van der Waals surface area (Å²) in [6, 6.07) is -1.41. The molecule has 0 aromatic heterocycles. The molecule has 1 heterocycles. The molecular formula is C10H15NO6. The van der Waals surface area contributed by atoms with Gasteiger partial charge in [-0.1, -0.05) is 0 Å². The molecule has 0 spiro atoms. The van der Waals surface area contributed by atoms with E-state index in [1.807, 2.05) is 0 Å². The fourth-order valence-electron chi connectivity index (χ4n) is 1.59. The molecule has 2 atom stereocenters. The average Bonchev–Trinajstić information content (AvgIpc) is 2.28. The van der Waals surface area contributed by atoms with E-state index in [4.69, 9.17) is 14.9 Å². The number of amides is 1. The van der Waals surface area contributed by atoms with Crippen LogP contribution >= 0.6 is 0 Å². The highest BCUT2D eigenvalue weighted by atomic mass is 16.5. The number of carbonyl (C=O) groups is 3. The molecule has 17 heavy (non-hydrogen) atoms. The normalized spacial score (nSPS) is 21.5. The predicted molar refractivity (Wildman–Crippen MR) is 55.4 cm³/mol. The first-order chi connectivity index (χ1) is 8.00. The number of carboxylic acid groups (broad SMARTS) is 2. The van der Waals surface area contributed by atoms with Crippen LogP contribution in [0.25, 0.3) is 0 Å². The van der Waals surface area contributed by atoms with Gasteiger partial charge in [-0.2, -0.15) is 0 Å². The summed E-state index contributed by atoms with van der Waals surface area (Å²) in [5, 5.41) is 19.4. The molecule has 1 aliphatic heterocycles. The second kappa shape index (κ2) is 6.19. The lowest BCUT2D eigenvalue weighted by atomic mass is 10.1. The topological polar surface area (TPSA) is 113 Å². The Hall–Kier alpha value is -1.63. The van der Waals surface area contributed by atoms with E-state index in [1.54, 1.807) is 0 Å². The van der Waals surface area contributed by atoms with E-state index in [2.05, 4.69) is 5.32 Å². The van der Waals surface area contributed by atoms with E-state index < -0.39 is 36.4 Å². The van der Waals surface area contributed by atoms with Gasteiger partial charge in [-0.3, -0.25) is 9.59 Å². The van der Waals surface area contributed by atoms with Crippen LogP contribution in [0.3, 0.4) is 0 Å². The molecule has 2 unspecified atom stereocenters. The van der Waals surface area contributed by atoms with Crippen molar-refractivity contribution in [3.8, 4) is 0 Å². The van der Waals surface area contributed by atoms with Crippen molar-refractivity contribution < 1.29 is 29.3 Å². The maximum Gasteiger partial charge on any atom is 0.326 e. The maximum absolute atomic E-state index is 11.6. The molecule has 7 nitrogen and oxygen atoms in total. The average molecular weight is 245 g/mol. The number of carbonyl (C=O) groups excluding carboxylic acids is 1. The minimum Gasteiger partial charge on any atom is -0.481 e. The number of carboxylic acids is 2. The van der Waals surface area contributed by atoms with Crippen molar-refractivity contribution in [1.82, 2.24) is 5.32 Å². The molecule has 0 aromatic carbocycles. The Labute approximate surface area is 97.8 Å². The predicted octanol–water partition coefficient (Wildman–Crippen LogP) is -0.400. The second-order valence-electron chi connectivity index (χ2n) is 3.85. The van der Waals surface area contributed by atoms with Crippen LogP contribution in [0.2, 0.25) is 0 Å². The van der Waals surface area contributed by atoms with Gasteiger partial charge in [0.15, 0.2) is 0 Å². The van der Waals surface area contributed by atoms with Crippen LogP contribution in [0.1, 0.15) is 25.7 Å². The van der Waals surface area contributed by atoms with Crippen molar-refractivity contribution in [3.05, 3.63) is 0 Å². The Bertz CT molecular complexity index is 310. The zero-order valence-electron chi connectivity index (χ0n) is 9.22. The zero-order valence-corrected chi connectivity index (χ0v) is 9.22. The molecule has 1 fully saturated rings. The van der Waals surface area contributed by atoms with Gasteiger partial charge in [-0.05, 0) is 19.3 Å². The third kappa shape index (κ3) is 4.39. The Balaban J connectivity index is 2.50. The number of hydrogen-bond acceptors (Lipinski definition) is 4. The highest BCUT2D eigenvalue weighted by molar-refractivity contribution is 5.88. The largest absolute Gasteiger partial charge is 0.481 e. The van der Waals surface area contributed by atoms with Crippen molar-refractivity contribution in [2.24, 2.45) is 0 Å². The van der Waals surface area contributed by atoms with Crippen LogP contribution in [0, 0.1) is 0 Å². The van der Waals surface area contributed by atoms with E-state index in [0.29, 0.717) is 13.0 Å². The van der Waals surface area contributed by atoms with Crippen molar-refractivity contribution in [3.63, 3.8) is 0 Å². The molecule has 1 saturated heterocycles. The van der Waals surface area contributed by atoms with E-state index in [0.717, 1.165) is 12.8 Å². The molecule has 3 N–H and O–H groups in total. The number of ether oxygens (including phenoxy) is 1. The minimum atomic E-state index is -1.41. The van der Waals surface area contributed by atoms with Crippen LogP contribution in [0.15, 0.2) is 0 Å². The van der Waals surface area contributed by atoms with E-state index in [1.165, 1.54) is 0 Å². The van der Waals surface area contributed by atoms with Crippen LogP contribution in [-0.2, 0) is 19.1 Å². The van der Waals surface area contributed by atoms with Gasteiger partial charge >= 0.3 is 11.9 Å². The number of rotatable bonds is 5. The van der Waals surface area contributed by atoms with Crippen LogP contribution < -0.4 is 5.32 Å². The van der Waals surface area contributed by atoms with Crippen LogP contribution in [-0.4, -0.2) is 46.8 Å². The van der Waals surface area contributed by atoms with Gasteiger partial charge in [0.1, 0.15) is 12.1 Å². The quantitative estimate of drug-likeness (QED) is 0.607. The van der Waals surface area contributed by atoms with Crippen molar-refractivity contribution in [1.29, 1.82) is 0 Å². The molecule has 1 rings (SSSR count). The number of aliphatic carboxylic acids is 2. The summed E-state index contributed by atoms with van der Waals surface area (Å²) < 4.78 is 5.17. The third-order valence-electron chi connectivity index (χ3n) is 2.47. The number of hydrogen-bond donors (Lipinski definition) is 3. The van der Waals surface area contributed by atoms with Gasteiger partial charge in [0.05, 0.1) is 6.42 Å². The molecule has 0 radical (unpaired) electrons. The monoisotopic (exact) mass is 245 g/mol. The van der Waals surface area contributed by atoms with Crippen molar-refractivity contribution >= 4 is 17.8 Å². The van der Waals surface area contributed by atoms with E-state index in [9.17, 15) is 14.4 Å². The molecule has 7 heteroatoms. The summed E-state index contributed by atoms with van der Waals surface area (Å²) in [6.07, 6.45) is 0.939. The fourth-order valence-corrected chi connectivity index (χ4v) is 1.59. The Morgan fingerprint density at radius 3 is 2.47 bits per heavy atom. The molecule has 0 saturated carbocycles. The molecule has 96 valence electrons. The molecule has 1 aliphatic rings. The lowest BCUT2D eigenvalue weighted by Gasteiger charge is -2.23. The molecule has 1 amide bonds. The van der Waals surface area contributed by atoms with Crippen LogP contribution in [0.5, 0.6) is 0 Å². The highest BCUT2D eigenvalue weighted by Gasteiger charge is 2.28.